The Kier molecular flexibility index (Phi) is 7.14. The summed E-state index contributed by atoms with van der Waals surface area (Å²) in [6.45, 7) is 4.85. The van der Waals surface area contributed by atoms with Gasteiger partial charge in [0, 0.05) is 13.1 Å². The molecule has 0 spiro atoms. The first-order chi connectivity index (χ1) is 8.76. The summed E-state index contributed by atoms with van der Waals surface area (Å²) >= 11 is 0. The lowest BCUT2D eigenvalue weighted by molar-refractivity contribution is 0.292. The number of rotatable bonds is 9. The molecule has 0 bridgehead atoms. The number of anilines is 1. The molecule has 1 rings (SSSR count). The van der Waals surface area contributed by atoms with Crippen LogP contribution in [-0.4, -0.2) is 23.6 Å². The first-order valence-corrected chi connectivity index (χ1v) is 6.92. The van der Waals surface area contributed by atoms with Crippen LogP contribution < -0.4 is 10.1 Å². The molecule has 0 unspecified atom stereocenters. The molecule has 1 aromatic rings. The largest absolute Gasteiger partial charge is 0.478 e. The highest BCUT2D eigenvalue weighted by molar-refractivity contribution is 5.37. The average molecular weight is 251 g/mol. The number of unbranched alkanes of at least 4 members (excludes halogenated alkanes) is 5. The summed E-state index contributed by atoms with van der Waals surface area (Å²) in [7, 11) is 1.85. The Morgan fingerprint density at radius 2 is 1.83 bits per heavy atom. The zero-order valence-electron chi connectivity index (χ0n) is 11.8. The zero-order chi connectivity index (χ0) is 13.2. The number of hydrogen-bond donors (Lipinski definition) is 1. The van der Waals surface area contributed by atoms with Gasteiger partial charge in [0.05, 0.1) is 6.61 Å². The van der Waals surface area contributed by atoms with Crippen molar-refractivity contribution in [2.75, 3.05) is 19.0 Å². The van der Waals surface area contributed by atoms with Crippen molar-refractivity contribution in [1.82, 2.24) is 9.97 Å². The van der Waals surface area contributed by atoms with Crippen LogP contribution in [0.15, 0.2) is 6.07 Å². The summed E-state index contributed by atoms with van der Waals surface area (Å²) in [4.78, 5) is 8.48. The number of aryl methyl sites for hydroxylation is 1. The predicted molar refractivity (Wildman–Crippen MR) is 75.2 cm³/mol. The number of hydrogen-bond acceptors (Lipinski definition) is 4. The summed E-state index contributed by atoms with van der Waals surface area (Å²) in [6, 6.07) is 1.84. The van der Waals surface area contributed by atoms with Gasteiger partial charge in [-0.15, -0.1) is 0 Å². The summed E-state index contributed by atoms with van der Waals surface area (Å²) in [5.74, 6) is 2.21. The molecule has 0 aromatic carbocycles. The zero-order valence-corrected chi connectivity index (χ0v) is 11.8. The van der Waals surface area contributed by atoms with Crippen molar-refractivity contribution >= 4 is 5.82 Å². The minimum atomic E-state index is 0.667. The van der Waals surface area contributed by atoms with E-state index in [-0.39, 0.29) is 0 Å². The first-order valence-electron chi connectivity index (χ1n) is 6.92. The summed E-state index contributed by atoms with van der Waals surface area (Å²) in [5, 5.41) is 3.00. The minimum Gasteiger partial charge on any atom is -0.478 e. The van der Waals surface area contributed by atoms with Crippen molar-refractivity contribution in [3.63, 3.8) is 0 Å². The lowest BCUT2D eigenvalue weighted by Crippen LogP contribution is -2.03. The van der Waals surface area contributed by atoms with Crippen LogP contribution in [-0.2, 0) is 0 Å². The highest BCUT2D eigenvalue weighted by Crippen LogP contribution is 2.13. The second-order valence-corrected chi connectivity index (χ2v) is 4.50. The molecule has 0 aliphatic rings. The fourth-order valence-electron chi connectivity index (χ4n) is 1.80. The second kappa shape index (κ2) is 8.72. The molecule has 18 heavy (non-hydrogen) atoms. The van der Waals surface area contributed by atoms with E-state index in [4.69, 9.17) is 4.74 Å². The van der Waals surface area contributed by atoms with Gasteiger partial charge in [0.15, 0.2) is 0 Å². The van der Waals surface area contributed by atoms with E-state index in [1.165, 1.54) is 32.1 Å². The standard InChI is InChI=1S/C14H25N3O/c1-4-5-6-7-8-9-10-18-14-11-13(15-3)16-12(2)17-14/h11H,4-10H2,1-3H3,(H,15,16,17). The van der Waals surface area contributed by atoms with E-state index < -0.39 is 0 Å². The van der Waals surface area contributed by atoms with E-state index in [2.05, 4.69) is 22.2 Å². The summed E-state index contributed by atoms with van der Waals surface area (Å²) in [5.41, 5.74) is 0. The van der Waals surface area contributed by atoms with E-state index in [1.54, 1.807) is 0 Å². The second-order valence-electron chi connectivity index (χ2n) is 4.50. The van der Waals surface area contributed by atoms with Crippen molar-refractivity contribution in [2.45, 2.75) is 52.4 Å². The first kappa shape index (κ1) is 14.7. The van der Waals surface area contributed by atoms with Gasteiger partial charge in [-0.25, -0.2) is 4.98 Å². The molecular formula is C14H25N3O. The van der Waals surface area contributed by atoms with Crippen LogP contribution >= 0.6 is 0 Å². The lowest BCUT2D eigenvalue weighted by Gasteiger charge is -2.07. The predicted octanol–water partition coefficient (Wildman–Crippen LogP) is 3.57. The molecule has 0 aliphatic heterocycles. The maximum absolute atomic E-state index is 5.64. The van der Waals surface area contributed by atoms with Gasteiger partial charge in [-0.2, -0.15) is 4.98 Å². The van der Waals surface area contributed by atoms with Gasteiger partial charge in [-0.3, -0.25) is 0 Å². The molecule has 1 aromatic heterocycles. The Morgan fingerprint density at radius 1 is 1.11 bits per heavy atom. The van der Waals surface area contributed by atoms with Gasteiger partial charge in [0.25, 0.3) is 0 Å². The Balaban J connectivity index is 2.20. The van der Waals surface area contributed by atoms with Crippen LogP contribution in [0, 0.1) is 6.92 Å². The van der Waals surface area contributed by atoms with E-state index in [0.29, 0.717) is 5.88 Å². The third kappa shape index (κ3) is 5.84. The Hall–Kier alpha value is -1.32. The highest BCUT2D eigenvalue weighted by Gasteiger charge is 2.01. The van der Waals surface area contributed by atoms with Gasteiger partial charge in [-0.1, -0.05) is 39.0 Å². The smallest absolute Gasteiger partial charge is 0.218 e. The fraction of sp³-hybridized carbons (Fsp3) is 0.714. The molecule has 4 heteroatoms. The quantitative estimate of drug-likeness (QED) is 0.682. The molecule has 1 heterocycles. The molecule has 0 radical (unpaired) electrons. The maximum atomic E-state index is 5.64. The summed E-state index contributed by atoms with van der Waals surface area (Å²) in [6.07, 6.45) is 7.63. The van der Waals surface area contributed by atoms with Gasteiger partial charge in [0.2, 0.25) is 5.88 Å². The van der Waals surface area contributed by atoms with Gasteiger partial charge in [0.1, 0.15) is 11.6 Å². The van der Waals surface area contributed by atoms with Crippen LogP contribution in [0.1, 0.15) is 51.3 Å². The van der Waals surface area contributed by atoms with Gasteiger partial charge >= 0.3 is 0 Å². The topological polar surface area (TPSA) is 47.0 Å². The maximum Gasteiger partial charge on any atom is 0.218 e. The molecule has 4 nitrogen and oxygen atoms in total. The normalized spacial score (nSPS) is 10.4. The van der Waals surface area contributed by atoms with Gasteiger partial charge < -0.3 is 10.1 Å². The van der Waals surface area contributed by atoms with Crippen molar-refractivity contribution in [3.05, 3.63) is 11.9 Å². The van der Waals surface area contributed by atoms with E-state index in [9.17, 15) is 0 Å². The van der Waals surface area contributed by atoms with Gasteiger partial charge in [-0.05, 0) is 13.3 Å². The van der Waals surface area contributed by atoms with Crippen LogP contribution in [0.25, 0.3) is 0 Å². The number of nitrogens with zero attached hydrogens (tertiary/aromatic N) is 2. The van der Waals surface area contributed by atoms with E-state index in [1.807, 2.05) is 20.0 Å². The Bertz CT molecular complexity index is 342. The summed E-state index contributed by atoms with van der Waals surface area (Å²) < 4.78 is 5.64. The monoisotopic (exact) mass is 251 g/mol. The van der Waals surface area contributed by atoms with Crippen molar-refractivity contribution in [2.24, 2.45) is 0 Å². The van der Waals surface area contributed by atoms with Crippen LogP contribution in [0.3, 0.4) is 0 Å². The highest BCUT2D eigenvalue weighted by atomic mass is 16.5. The number of ether oxygens (including phenoxy) is 1. The molecule has 0 saturated heterocycles. The van der Waals surface area contributed by atoms with Crippen LogP contribution in [0.2, 0.25) is 0 Å². The van der Waals surface area contributed by atoms with E-state index in [0.717, 1.165) is 24.7 Å². The van der Waals surface area contributed by atoms with Crippen molar-refractivity contribution in [3.8, 4) is 5.88 Å². The lowest BCUT2D eigenvalue weighted by atomic mass is 10.1. The molecule has 0 fully saturated rings. The Morgan fingerprint density at radius 3 is 2.56 bits per heavy atom. The number of nitrogens with one attached hydrogen (secondary N) is 1. The molecule has 0 saturated carbocycles. The van der Waals surface area contributed by atoms with Crippen LogP contribution in [0.4, 0.5) is 5.82 Å². The average Bonchev–Trinajstić information content (AvgIpc) is 2.37. The molecule has 0 aliphatic carbocycles. The van der Waals surface area contributed by atoms with Crippen molar-refractivity contribution < 1.29 is 4.74 Å². The van der Waals surface area contributed by atoms with Crippen LogP contribution in [0.5, 0.6) is 5.88 Å². The third-order valence-corrected chi connectivity index (χ3v) is 2.82. The molecule has 102 valence electrons. The Labute approximate surface area is 110 Å². The third-order valence-electron chi connectivity index (χ3n) is 2.82. The molecule has 0 atom stereocenters. The molecular weight excluding hydrogens is 226 g/mol. The number of aromatic nitrogens is 2. The van der Waals surface area contributed by atoms with E-state index >= 15 is 0 Å². The van der Waals surface area contributed by atoms with Crippen molar-refractivity contribution in [1.29, 1.82) is 0 Å². The minimum absolute atomic E-state index is 0.667. The SMILES string of the molecule is CCCCCCCCOc1cc(NC)nc(C)n1. The molecule has 0 amide bonds. The fourth-order valence-corrected chi connectivity index (χ4v) is 1.80. The molecule has 1 N–H and O–H groups in total.